The molecular weight excluding hydrogens is 272 g/mol. The summed E-state index contributed by atoms with van der Waals surface area (Å²) in [4.78, 5) is 25.2. The molecule has 2 atom stereocenters. The smallest absolute Gasteiger partial charge is 0.411 e. The van der Waals surface area contributed by atoms with E-state index in [2.05, 4.69) is 5.32 Å². The minimum atomic E-state index is -1.05. The zero-order chi connectivity index (χ0) is 16.4. The van der Waals surface area contributed by atoms with Gasteiger partial charge in [0.05, 0.1) is 12.1 Å². The van der Waals surface area contributed by atoms with Gasteiger partial charge in [-0.1, -0.05) is 0 Å². The summed E-state index contributed by atoms with van der Waals surface area (Å²) < 4.78 is 5.50. The number of hydrogen-bond acceptors (Lipinski definition) is 3. The standard InChI is InChI=1S/C15H28N2O4/c1-14(2,3)17(13(20)21-15(4,5)6)11-9-7-8-10(11)16-12(18)19/h10-11,16H,7-9H2,1-6H3,(H,18,19)/t10-,11+/m1/s1. The molecule has 0 heterocycles. The summed E-state index contributed by atoms with van der Waals surface area (Å²) in [6.07, 6.45) is 0.975. The van der Waals surface area contributed by atoms with E-state index in [1.807, 2.05) is 41.5 Å². The second-order valence-corrected chi connectivity index (χ2v) is 7.58. The molecule has 1 aliphatic rings. The van der Waals surface area contributed by atoms with Crippen LogP contribution in [-0.4, -0.2) is 45.4 Å². The molecule has 0 aromatic rings. The summed E-state index contributed by atoms with van der Waals surface area (Å²) in [7, 11) is 0. The number of carbonyl (C=O) groups is 2. The molecule has 1 saturated carbocycles. The van der Waals surface area contributed by atoms with E-state index in [0.29, 0.717) is 0 Å². The zero-order valence-corrected chi connectivity index (χ0v) is 13.9. The summed E-state index contributed by atoms with van der Waals surface area (Å²) in [5, 5.41) is 11.5. The van der Waals surface area contributed by atoms with Gasteiger partial charge in [0, 0.05) is 5.54 Å². The Morgan fingerprint density at radius 3 is 2.14 bits per heavy atom. The molecule has 122 valence electrons. The summed E-state index contributed by atoms with van der Waals surface area (Å²) in [6, 6.07) is -0.412. The fourth-order valence-electron chi connectivity index (χ4n) is 2.79. The Labute approximate surface area is 126 Å². The third kappa shape index (κ3) is 5.10. The van der Waals surface area contributed by atoms with Crippen molar-refractivity contribution >= 4 is 12.2 Å². The maximum absolute atomic E-state index is 12.6. The van der Waals surface area contributed by atoms with Crippen LogP contribution in [0.4, 0.5) is 9.59 Å². The average Bonchev–Trinajstić information content (AvgIpc) is 2.59. The maximum atomic E-state index is 12.6. The van der Waals surface area contributed by atoms with Crippen molar-refractivity contribution in [3.63, 3.8) is 0 Å². The van der Waals surface area contributed by atoms with Crippen LogP contribution in [0.3, 0.4) is 0 Å². The van der Waals surface area contributed by atoms with E-state index in [9.17, 15) is 9.59 Å². The fourth-order valence-corrected chi connectivity index (χ4v) is 2.79. The number of carbonyl (C=O) groups excluding carboxylic acids is 1. The lowest BCUT2D eigenvalue weighted by atomic mass is 10.0. The second kappa shape index (κ2) is 6.12. The van der Waals surface area contributed by atoms with Crippen molar-refractivity contribution in [3.05, 3.63) is 0 Å². The number of nitrogens with one attached hydrogen (secondary N) is 1. The SMILES string of the molecule is CC(C)(C)OC(=O)N([C@H]1CCC[C@H]1NC(=O)O)C(C)(C)C. The number of hydrogen-bond donors (Lipinski definition) is 2. The van der Waals surface area contributed by atoms with Crippen LogP contribution in [0.5, 0.6) is 0 Å². The van der Waals surface area contributed by atoms with Gasteiger partial charge in [0.1, 0.15) is 5.60 Å². The molecule has 1 rings (SSSR count). The highest BCUT2D eigenvalue weighted by Gasteiger charge is 2.42. The summed E-state index contributed by atoms with van der Waals surface area (Å²) in [6.45, 7) is 11.3. The molecular formula is C15H28N2O4. The van der Waals surface area contributed by atoms with Crippen LogP contribution in [0, 0.1) is 0 Å². The van der Waals surface area contributed by atoms with Crippen LogP contribution in [0.15, 0.2) is 0 Å². The first-order valence-corrected chi connectivity index (χ1v) is 7.43. The van der Waals surface area contributed by atoms with Gasteiger partial charge in [0.15, 0.2) is 0 Å². The molecule has 2 amide bonds. The predicted octanol–water partition coefficient (Wildman–Crippen LogP) is 3.21. The van der Waals surface area contributed by atoms with Crippen LogP contribution in [0.25, 0.3) is 0 Å². The van der Waals surface area contributed by atoms with Gasteiger partial charge in [-0.15, -0.1) is 0 Å². The molecule has 2 N–H and O–H groups in total. The number of nitrogens with zero attached hydrogens (tertiary/aromatic N) is 1. The molecule has 0 spiro atoms. The van der Waals surface area contributed by atoms with Crippen molar-refractivity contribution in [1.29, 1.82) is 0 Å². The molecule has 6 heteroatoms. The van der Waals surface area contributed by atoms with Gasteiger partial charge in [-0.3, -0.25) is 4.90 Å². The van der Waals surface area contributed by atoms with E-state index >= 15 is 0 Å². The first-order chi connectivity index (χ1) is 9.42. The lowest BCUT2D eigenvalue weighted by Gasteiger charge is -2.42. The van der Waals surface area contributed by atoms with Crippen LogP contribution in [0.2, 0.25) is 0 Å². The Morgan fingerprint density at radius 1 is 1.14 bits per heavy atom. The van der Waals surface area contributed by atoms with Gasteiger partial charge in [-0.05, 0) is 60.8 Å². The number of rotatable bonds is 2. The molecule has 1 aliphatic carbocycles. The van der Waals surface area contributed by atoms with Gasteiger partial charge in [0.25, 0.3) is 0 Å². The third-order valence-corrected chi connectivity index (χ3v) is 3.43. The Bertz CT molecular complexity index is 395. The number of carboxylic acid groups (broad SMARTS) is 1. The van der Waals surface area contributed by atoms with Crippen LogP contribution in [-0.2, 0) is 4.74 Å². The summed E-state index contributed by atoms with van der Waals surface area (Å²) in [5.41, 5.74) is -1.01. The van der Waals surface area contributed by atoms with Crippen molar-refractivity contribution in [3.8, 4) is 0 Å². The lowest BCUT2D eigenvalue weighted by molar-refractivity contribution is -0.0102. The van der Waals surface area contributed by atoms with Gasteiger partial charge in [-0.2, -0.15) is 0 Å². The average molecular weight is 300 g/mol. The van der Waals surface area contributed by atoms with Gasteiger partial charge < -0.3 is 15.2 Å². The van der Waals surface area contributed by atoms with E-state index in [0.717, 1.165) is 19.3 Å². The minimum Gasteiger partial charge on any atom is -0.465 e. The van der Waals surface area contributed by atoms with Crippen molar-refractivity contribution in [2.24, 2.45) is 0 Å². The molecule has 21 heavy (non-hydrogen) atoms. The van der Waals surface area contributed by atoms with Gasteiger partial charge in [-0.25, -0.2) is 9.59 Å². The molecule has 0 saturated heterocycles. The summed E-state index contributed by atoms with van der Waals surface area (Å²) in [5.74, 6) is 0. The monoisotopic (exact) mass is 300 g/mol. The number of amides is 2. The fraction of sp³-hybridized carbons (Fsp3) is 0.867. The Hall–Kier alpha value is -1.46. The Kier molecular flexibility index (Phi) is 5.12. The Balaban J connectivity index is 2.97. The molecule has 1 fully saturated rings. The highest BCUT2D eigenvalue weighted by atomic mass is 16.6. The van der Waals surface area contributed by atoms with Crippen LogP contribution >= 0.6 is 0 Å². The molecule has 6 nitrogen and oxygen atoms in total. The Morgan fingerprint density at radius 2 is 1.71 bits per heavy atom. The molecule has 0 aromatic heterocycles. The molecule has 0 aromatic carbocycles. The zero-order valence-electron chi connectivity index (χ0n) is 13.9. The number of ether oxygens (including phenoxy) is 1. The minimum absolute atomic E-state index is 0.170. The van der Waals surface area contributed by atoms with Crippen molar-refractivity contribution in [1.82, 2.24) is 10.2 Å². The van der Waals surface area contributed by atoms with Crippen molar-refractivity contribution in [2.75, 3.05) is 0 Å². The predicted molar refractivity (Wildman–Crippen MR) is 80.4 cm³/mol. The van der Waals surface area contributed by atoms with E-state index in [-0.39, 0.29) is 18.2 Å². The highest BCUT2D eigenvalue weighted by molar-refractivity contribution is 5.70. The first kappa shape index (κ1) is 17.6. The normalized spacial score (nSPS) is 22.8. The van der Waals surface area contributed by atoms with Crippen LogP contribution in [0.1, 0.15) is 60.8 Å². The van der Waals surface area contributed by atoms with Gasteiger partial charge in [0.2, 0.25) is 0 Å². The van der Waals surface area contributed by atoms with E-state index in [1.54, 1.807) is 4.90 Å². The van der Waals surface area contributed by atoms with Crippen molar-refractivity contribution < 1.29 is 19.4 Å². The third-order valence-electron chi connectivity index (χ3n) is 3.43. The summed E-state index contributed by atoms with van der Waals surface area (Å²) >= 11 is 0. The highest BCUT2D eigenvalue weighted by Crippen LogP contribution is 2.31. The van der Waals surface area contributed by atoms with Crippen LogP contribution < -0.4 is 5.32 Å². The quantitative estimate of drug-likeness (QED) is 0.820. The molecule has 0 unspecified atom stereocenters. The largest absolute Gasteiger partial charge is 0.465 e. The molecule has 0 bridgehead atoms. The maximum Gasteiger partial charge on any atom is 0.411 e. The van der Waals surface area contributed by atoms with E-state index in [1.165, 1.54) is 0 Å². The topological polar surface area (TPSA) is 78.9 Å². The lowest BCUT2D eigenvalue weighted by Crippen LogP contribution is -2.58. The first-order valence-electron chi connectivity index (χ1n) is 7.43. The van der Waals surface area contributed by atoms with Gasteiger partial charge >= 0.3 is 12.2 Å². The van der Waals surface area contributed by atoms with E-state index < -0.39 is 17.2 Å². The van der Waals surface area contributed by atoms with Crippen molar-refractivity contribution in [2.45, 2.75) is 84.0 Å². The molecule has 0 aliphatic heterocycles. The van der Waals surface area contributed by atoms with E-state index in [4.69, 9.17) is 9.84 Å². The molecule has 0 radical (unpaired) electrons. The second-order valence-electron chi connectivity index (χ2n) is 7.58.